The molecule has 1 aromatic rings. The van der Waals surface area contributed by atoms with Crippen molar-refractivity contribution in [3.63, 3.8) is 0 Å². The summed E-state index contributed by atoms with van der Waals surface area (Å²) in [6.07, 6.45) is -2.45. The molecule has 0 spiro atoms. The third kappa shape index (κ3) is 3.13. The van der Waals surface area contributed by atoms with Crippen molar-refractivity contribution in [2.75, 3.05) is 18.0 Å². The summed E-state index contributed by atoms with van der Waals surface area (Å²) >= 11 is 0. The molecule has 0 radical (unpaired) electrons. The van der Waals surface area contributed by atoms with Gasteiger partial charge in [0.1, 0.15) is 6.07 Å². The van der Waals surface area contributed by atoms with Crippen LogP contribution >= 0.6 is 0 Å². The number of hydrogen-bond donors (Lipinski definition) is 1. The van der Waals surface area contributed by atoms with Crippen LogP contribution in [-0.4, -0.2) is 19.1 Å². The molecule has 1 heterocycles. The summed E-state index contributed by atoms with van der Waals surface area (Å²) in [6.45, 7) is 3.22. The van der Waals surface area contributed by atoms with Crippen LogP contribution in [0.25, 0.3) is 0 Å². The third-order valence-electron chi connectivity index (χ3n) is 4.11. The van der Waals surface area contributed by atoms with Crippen LogP contribution in [0, 0.1) is 17.2 Å². The van der Waals surface area contributed by atoms with Crippen molar-refractivity contribution in [3.8, 4) is 6.07 Å². The van der Waals surface area contributed by atoms with Gasteiger partial charge in [0.15, 0.2) is 0 Å². The Balaban J connectivity index is 2.42. The molecule has 1 aliphatic rings. The van der Waals surface area contributed by atoms with Gasteiger partial charge >= 0.3 is 6.18 Å². The van der Waals surface area contributed by atoms with Gasteiger partial charge in [-0.25, -0.2) is 0 Å². The first-order valence-corrected chi connectivity index (χ1v) is 6.96. The Hall–Kier alpha value is -1.74. The minimum atomic E-state index is -4.44. The minimum absolute atomic E-state index is 0.0531. The van der Waals surface area contributed by atoms with E-state index in [2.05, 4.69) is 6.92 Å². The van der Waals surface area contributed by atoms with E-state index in [9.17, 15) is 18.4 Å². The van der Waals surface area contributed by atoms with E-state index in [4.69, 9.17) is 5.73 Å². The Morgan fingerprint density at radius 2 is 2.14 bits per heavy atom. The standard InChI is InChI=1S/C15H18F3N3/c1-10-3-2-6-21(14(10)9-20)13-5-4-12(15(16,17)18)7-11(13)8-19/h4-5,7,10,14H,2-3,6,9,20H2,1H3. The summed E-state index contributed by atoms with van der Waals surface area (Å²) in [4.78, 5) is 1.98. The quantitative estimate of drug-likeness (QED) is 0.912. The largest absolute Gasteiger partial charge is 0.416 e. The summed E-state index contributed by atoms with van der Waals surface area (Å²) in [5.41, 5.74) is 5.61. The van der Waals surface area contributed by atoms with E-state index in [-0.39, 0.29) is 11.6 Å². The lowest BCUT2D eigenvalue weighted by atomic mass is 9.89. The fraction of sp³-hybridized carbons (Fsp3) is 0.533. The van der Waals surface area contributed by atoms with Crippen LogP contribution in [0.15, 0.2) is 18.2 Å². The van der Waals surface area contributed by atoms with Crippen molar-refractivity contribution >= 4 is 5.69 Å². The summed E-state index contributed by atoms with van der Waals surface area (Å²) in [5, 5.41) is 9.19. The van der Waals surface area contributed by atoms with Gasteiger partial charge in [-0.1, -0.05) is 6.92 Å². The van der Waals surface area contributed by atoms with Crippen LogP contribution in [-0.2, 0) is 6.18 Å². The van der Waals surface area contributed by atoms with Crippen LogP contribution in [0.2, 0.25) is 0 Å². The first kappa shape index (κ1) is 15.6. The number of rotatable bonds is 2. The summed E-state index contributed by atoms with van der Waals surface area (Å²) in [5.74, 6) is 0.359. The summed E-state index contributed by atoms with van der Waals surface area (Å²) in [6, 6.07) is 5.28. The zero-order valence-electron chi connectivity index (χ0n) is 11.8. The Morgan fingerprint density at radius 3 is 2.71 bits per heavy atom. The Morgan fingerprint density at radius 1 is 1.43 bits per heavy atom. The number of piperidine rings is 1. The monoisotopic (exact) mass is 297 g/mol. The molecular formula is C15H18F3N3. The number of benzene rings is 1. The van der Waals surface area contributed by atoms with Crippen LogP contribution < -0.4 is 10.6 Å². The highest BCUT2D eigenvalue weighted by Gasteiger charge is 2.33. The van der Waals surface area contributed by atoms with E-state index in [0.717, 1.165) is 25.0 Å². The number of nitrogens with zero attached hydrogens (tertiary/aromatic N) is 2. The molecule has 0 amide bonds. The molecule has 0 bridgehead atoms. The zero-order chi connectivity index (χ0) is 15.6. The average Bonchev–Trinajstić information content (AvgIpc) is 2.45. The summed E-state index contributed by atoms with van der Waals surface area (Å²) < 4.78 is 38.2. The molecule has 2 atom stereocenters. The van der Waals surface area contributed by atoms with E-state index in [1.54, 1.807) is 0 Å². The van der Waals surface area contributed by atoms with Crippen molar-refractivity contribution in [1.29, 1.82) is 5.26 Å². The molecule has 2 unspecified atom stereocenters. The number of hydrogen-bond acceptors (Lipinski definition) is 3. The molecule has 3 nitrogen and oxygen atoms in total. The molecule has 2 N–H and O–H groups in total. The van der Waals surface area contributed by atoms with Gasteiger partial charge in [-0.05, 0) is 37.0 Å². The molecule has 114 valence electrons. The molecule has 1 aromatic carbocycles. The van der Waals surface area contributed by atoms with Gasteiger partial charge in [-0.3, -0.25) is 0 Å². The van der Waals surface area contributed by atoms with E-state index in [1.807, 2.05) is 11.0 Å². The number of alkyl halides is 3. The zero-order valence-corrected chi connectivity index (χ0v) is 11.8. The fourth-order valence-electron chi connectivity index (χ4n) is 2.96. The molecule has 1 aliphatic heterocycles. The van der Waals surface area contributed by atoms with Gasteiger partial charge in [0.05, 0.1) is 16.8 Å². The van der Waals surface area contributed by atoms with E-state index < -0.39 is 11.7 Å². The van der Waals surface area contributed by atoms with Gasteiger partial charge in [0, 0.05) is 19.1 Å². The number of nitriles is 1. The van der Waals surface area contributed by atoms with E-state index >= 15 is 0 Å². The van der Waals surface area contributed by atoms with Gasteiger partial charge < -0.3 is 10.6 Å². The lowest BCUT2D eigenvalue weighted by Gasteiger charge is -2.41. The second kappa shape index (κ2) is 5.94. The van der Waals surface area contributed by atoms with Crippen LogP contribution in [0.5, 0.6) is 0 Å². The van der Waals surface area contributed by atoms with Crippen molar-refractivity contribution < 1.29 is 13.2 Å². The number of anilines is 1. The Labute approximate surface area is 122 Å². The summed E-state index contributed by atoms with van der Waals surface area (Å²) in [7, 11) is 0. The normalized spacial score (nSPS) is 23.0. The molecule has 1 saturated heterocycles. The highest BCUT2D eigenvalue weighted by Crippen LogP contribution is 2.35. The molecule has 1 fully saturated rings. The first-order chi connectivity index (χ1) is 9.88. The second-order valence-corrected chi connectivity index (χ2v) is 5.46. The van der Waals surface area contributed by atoms with Crippen molar-refractivity contribution in [2.45, 2.75) is 32.0 Å². The maximum Gasteiger partial charge on any atom is 0.416 e. The Kier molecular flexibility index (Phi) is 4.43. The highest BCUT2D eigenvalue weighted by molar-refractivity contribution is 5.61. The average molecular weight is 297 g/mol. The van der Waals surface area contributed by atoms with Crippen molar-refractivity contribution in [2.24, 2.45) is 11.7 Å². The van der Waals surface area contributed by atoms with Crippen LogP contribution in [0.3, 0.4) is 0 Å². The van der Waals surface area contributed by atoms with Gasteiger partial charge in [-0.2, -0.15) is 18.4 Å². The Bertz CT molecular complexity index is 548. The predicted molar refractivity (Wildman–Crippen MR) is 74.7 cm³/mol. The van der Waals surface area contributed by atoms with E-state index in [0.29, 0.717) is 24.7 Å². The topological polar surface area (TPSA) is 53.0 Å². The van der Waals surface area contributed by atoms with E-state index in [1.165, 1.54) is 6.07 Å². The van der Waals surface area contributed by atoms with Gasteiger partial charge in [0.2, 0.25) is 0 Å². The lowest BCUT2D eigenvalue weighted by Crippen LogP contribution is -2.49. The molecule has 0 saturated carbocycles. The maximum atomic E-state index is 12.7. The van der Waals surface area contributed by atoms with Crippen molar-refractivity contribution in [3.05, 3.63) is 29.3 Å². The SMILES string of the molecule is CC1CCCN(c2ccc(C(F)(F)F)cc2C#N)C1CN. The molecular weight excluding hydrogens is 279 g/mol. The molecule has 2 rings (SSSR count). The number of nitrogens with two attached hydrogens (primary N) is 1. The lowest BCUT2D eigenvalue weighted by molar-refractivity contribution is -0.137. The molecule has 0 aliphatic carbocycles. The predicted octanol–water partition coefficient (Wildman–Crippen LogP) is 3.14. The maximum absolute atomic E-state index is 12.7. The second-order valence-electron chi connectivity index (χ2n) is 5.46. The van der Waals surface area contributed by atoms with Gasteiger partial charge in [0.25, 0.3) is 0 Å². The number of halogens is 3. The first-order valence-electron chi connectivity index (χ1n) is 6.96. The highest BCUT2D eigenvalue weighted by atomic mass is 19.4. The van der Waals surface area contributed by atoms with Crippen LogP contribution in [0.1, 0.15) is 30.9 Å². The van der Waals surface area contributed by atoms with Gasteiger partial charge in [-0.15, -0.1) is 0 Å². The smallest absolute Gasteiger partial charge is 0.366 e. The minimum Gasteiger partial charge on any atom is -0.366 e. The fourth-order valence-corrected chi connectivity index (χ4v) is 2.96. The molecule has 0 aromatic heterocycles. The van der Waals surface area contributed by atoms with Crippen LogP contribution in [0.4, 0.5) is 18.9 Å². The van der Waals surface area contributed by atoms with Crippen molar-refractivity contribution in [1.82, 2.24) is 0 Å². The molecule has 6 heteroatoms. The third-order valence-corrected chi connectivity index (χ3v) is 4.11. The molecule has 21 heavy (non-hydrogen) atoms.